The highest BCUT2D eigenvalue weighted by Gasteiger charge is 2.10. The van der Waals surface area contributed by atoms with E-state index in [-0.39, 0.29) is 5.91 Å². The minimum atomic E-state index is -0.0234. The number of rotatable bonds is 4. The first kappa shape index (κ1) is 16.3. The lowest BCUT2D eigenvalue weighted by Gasteiger charge is -2.10. The minimum Gasteiger partial charge on any atom is -0.325 e. The average Bonchev–Trinajstić information content (AvgIpc) is 2.91. The fourth-order valence-electron chi connectivity index (χ4n) is 2.26. The molecule has 2 aromatic carbocycles. The lowest BCUT2D eigenvalue weighted by Crippen LogP contribution is -2.15. The van der Waals surface area contributed by atoms with Gasteiger partial charge in [-0.1, -0.05) is 41.6 Å². The number of carbonyl (C=O) groups excluding carboxylic acids is 1. The Bertz CT molecular complexity index is 856. The fraction of sp³-hybridized carbons (Fsp3) is 0.176. The van der Waals surface area contributed by atoms with Crippen molar-refractivity contribution in [2.45, 2.75) is 18.2 Å². The largest absolute Gasteiger partial charge is 0.325 e. The molecule has 1 heterocycles. The van der Waals surface area contributed by atoms with Gasteiger partial charge in [-0.3, -0.25) is 4.79 Å². The number of hydrogen-bond donors (Lipinski definition) is 1. The van der Waals surface area contributed by atoms with Crippen LogP contribution >= 0.6 is 34.7 Å². The molecule has 0 bridgehead atoms. The number of halogens is 1. The molecule has 1 N–H and O–H groups in total. The van der Waals surface area contributed by atoms with Gasteiger partial charge in [-0.05, 0) is 43.2 Å². The van der Waals surface area contributed by atoms with Crippen LogP contribution in [-0.4, -0.2) is 16.6 Å². The van der Waals surface area contributed by atoms with Crippen LogP contribution in [0.3, 0.4) is 0 Å². The second-order valence-electron chi connectivity index (χ2n) is 5.20. The van der Waals surface area contributed by atoms with Gasteiger partial charge in [0.25, 0.3) is 0 Å². The van der Waals surface area contributed by atoms with Gasteiger partial charge in [0.1, 0.15) is 0 Å². The Labute approximate surface area is 148 Å². The van der Waals surface area contributed by atoms with Crippen molar-refractivity contribution in [3.63, 3.8) is 0 Å². The Morgan fingerprint density at radius 3 is 2.74 bits per heavy atom. The zero-order chi connectivity index (χ0) is 16.4. The molecule has 1 amide bonds. The summed E-state index contributed by atoms with van der Waals surface area (Å²) in [5.74, 6) is 0.311. The molecule has 0 spiro atoms. The standard InChI is InChI=1S/C17H15ClN2OS2/c1-10-4-3-5-11(2)16(10)20-15(21)9-22-17-19-13-8-12(18)6-7-14(13)23-17/h3-8H,9H2,1-2H3,(H,20,21). The molecule has 0 aliphatic heterocycles. The van der Waals surface area contributed by atoms with Crippen molar-refractivity contribution in [1.82, 2.24) is 4.98 Å². The van der Waals surface area contributed by atoms with Gasteiger partial charge >= 0.3 is 0 Å². The summed E-state index contributed by atoms with van der Waals surface area (Å²) in [7, 11) is 0. The van der Waals surface area contributed by atoms with Crippen molar-refractivity contribution in [1.29, 1.82) is 0 Å². The Morgan fingerprint density at radius 2 is 2.00 bits per heavy atom. The minimum absolute atomic E-state index is 0.0234. The van der Waals surface area contributed by atoms with Gasteiger partial charge in [-0.25, -0.2) is 4.98 Å². The second-order valence-corrected chi connectivity index (χ2v) is 7.89. The number of hydrogen-bond acceptors (Lipinski definition) is 4. The van der Waals surface area contributed by atoms with E-state index >= 15 is 0 Å². The summed E-state index contributed by atoms with van der Waals surface area (Å²) in [5, 5.41) is 3.66. The predicted molar refractivity (Wildman–Crippen MR) is 99.9 cm³/mol. The van der Waals surface area contributed by atoms with Crippen molar-refractivity contribution in [2.24, 2.45) is 0 Å². The van der Waals surface area contributed by atoms with E-state index in [2.05, 4.69) is 10.3 Å². The van der Waals surface area contributed by atoms with Crippen LogP contribution in [0, 0.1) is 13.8 Å². The Morgan fingerprint density at radius 1 is 1.26 bits per heavy atom. The Hall–Kier alpha value is -1.56. The van der Waals surface area contributed by atoms with Crippen molar-refractivity contribution in [3.05, 3.63) is 52.5 Å². The van der Waals surface area contributed by atoms with Gasteiger partial charge in [0.15, 0.2) is 4.34 Å². The van der Waals surface area contributed by atoms with Crippen LogP contribution in [-0.2, 0) is 4.79 Å². The van der Waals surface area contributed by atoms with Crippen molar-refractivity contribution in [3.8, 4) is 0 Å². The van der Waals surface area contributed by atoms with Crippen LogP contribution in [0.4, 0.5) is 5.69 Å². The molecular formula is C17H15ClN2OS2. The number of fused-ring (bicyclic) bond motifs is 1. The zero-order valence-electron chi connectivity index (χ0n) is 12.7. The van der Waals surface area contributed by atoms with E-state index in [1.807, 2.05) is 50.2 Å². The first-order valence-electron chi connectivity index (χ1n) is 7.08. The molecule has 23 heavy (non-hydrogen) atoms. The fourth-order valence-corrected chi connectivity index (χ4v) is 4.27. The van der Waals surface area contributed by atoms with Crippen LogP contribution in [0.5, 0.6) is 0 Å². The zero-order valence-corrected chi connectivity index (χ0v) is 15.1. The van der Waals surface area contributed by atoms with Crippen LogP contribution < -0.4 is 5.32 Å². The predicted octanol–water partition coefficient (Wildman–Crippen LogP) is 5.30. The van der Waals surface area contributed by atoms with Crippen LogP contribution in [0.15, 0.2) is 40.7 Å². The lowest BCUT2D eigenvalue weighted by atomic mass is 10.1. The molecule has 118 valence electrons. The summed E-state index contributed by atoms with van der Waals surface area (Å²) in [5.41, 5.74) is 3.91. The SMILES string of the molecule is Cc1cccc(C)c1NC(=O)CSc1nc2cc(Cl)ccc2s1. The number of benzene rings is 2. The van der Waals surface area contributed by atoms with Gasteiger partial charge < -0.3 is 5.32 Å². The number of thioether (sulfide) groups is 1. The number of nitrogens with zero attached hydrogens (tertiary/aromatic N) is 1. The number of nitrogens with one attached hydrogen (secondary N) is 1. The van der Waals surface area contributed by atoms with Crippen molar-refractivity contribution < 1.29 is 4.79 Å². The van der Waals surface area contributed by atoms with Crippen LogP contribution in [0.1, 0.15) is 11.1 Å². The van der Waals surface area contributed by atoms with E-state index < -0.39 is 0 Å². The molecule has 3 rings (SSSR count). The topological polar surface area (TPSA) is 42.0 Å². The number of anilines is 1. The molecule has 0 atom stereocenters. The summed E-state index contributed by atoms with van der Waals surface area (Å²) < 4.78 is 1.95. The van der Waals surface area contributed by atoms with Crippen molar-refractivity contribution >= 4 is 56.5 Å². The van der Waals surface area contributed by atoms with Crippen LogP contribution in [0.2, 0.25) is 5.02 Å². The van der Waals surface area contributed by atoms with Gasteiger partial charge in [-0.2, -0.15) is 0 Å². The normalized spacial score (nSPS) is 10.9. The molecule has 0 fully saturated rings. The monoisotopic (exact) mass is 362 g/mol. The average molecular weight is 363 g/mol. The van der Waals surface area contributed by atoms with Gasteiger partial charge in [0, 0.05) is 10.7 Å². The second kappa shape index (κ2) is 6.91. The highest BCUT2D eigenvalue weighted by Crippen LogP contribution is 2.31. The van der Waals surface area contributed by atoms with Gasteiger partial charge in [0.05, 0.1) is 16.0 Å². The summed E-state index contributed by atoms with van der Waals surface area (Å²) in [6.45, 7) is 3.99. The third kappa shape index (κ3) is 3.86. The Balaban J connectivity index is 1.66. The molecule has 1 aromatic heterocycles. The molecule has 0 unspecified atom stereocenters. The van der Waals surface area contributed by atoms with E-state index in [4.69, 9.17) is 11.6 Å². The number of aryl methyl sites for hydroxylation is 2. The summed E-state index contributed by atoms with van der Waals surface area (Å²) >= 11 is 8.99. The highest BCUT2D eigenvalue weighted by atomic mass is 35.5. The van der Waals surface area contributed by atoms with Gasteiger partial charge in [0.2, 0.25) is 5.91 Å². The first-order valence-corrected chi connectivity index (χ1v) is 9.26. The van der Waals surface area contributed by atoms with Crippen LogP contribution in [0.25, 0.3) is 10.2 Å². The number of thiazole rings is 1. The van der Waals surface area contributed by atoms with E-state index in [9.17, 15) is 4.79 Å². The molecule has 0 saturated carbocycles. The number of amides is 1. The lowest BCUT2D eigenvalue weighted by molar-refractivity contribution is -0.113. The molecule has 0 saturated heterocycles. The Kier molecular flexibility index (Phi) is 4.90. The maximum Gasteiger partial charge on any atom is 0.234 e. The number of aromatic nitrogens is 1. The summed E-state index contributed by atoms with van der Waals surface area (Å²) in [6.07, 6.45) is 0. The maximum absolute atomic E-state index is 12.2. The van der Waals surface area contributed by atoms with E-state index in [0.29, 0.717) is 10.8 Å². The smallest absolute Gasteiger partial charge is 0.234 e. The highest BCUT2D eigenvalue weighted by molar-refractivity contribution is 8.01. The molecule has 0 radical (unpaired) electrons. The van der Waals surface area contributed by atoms with Gasteiger partial charge in [-0.15, -0.1) is 11.3 Å². The van der Waals surface area contributed by atoms with E-state index in [1.165, 1.54) is 11.8 Å². The summed E-state index contributed by atoms with van der Waals surface area (Å²) in [6, 6.07) is 11.6. The summed E-state index contributed by atoms with van der Waals surface area (Å²) in [4.78, 5) is 16.7. The molecule has 3 nitrogen and oxygen atoms in total. The quantitative estimate of drug-likeness (QED) is 0.640. The third-order valence-electron chi connectivity index (χ3n) is 3.40. The molecule has 3 aromatic rings. The van der Waals surface area contributed by atoms with Crippen molar-refractivity contribution in [2.75, 3.05) is 11.1 Å². The first-order chi connectivity index (χ1) is 11.0. The molecule has 0 aliphatic carbocycles. The number of para-hydroxylation sites is 1. The third-order valence-corrected chi connectivity index (χ3v) is 5.82. The molecule has 0 aliphatic rings. The van der Waals surface area contributed by atoms with E-state index in [0.717, 1.165) is 31.4 Å². The molecular weight excluding hydrogens is 348 g/mol. The maximum atomic E-state index is 12.2. The van der Waals surface area contributed by atoms with E-state index in [1.54, 1.807) is 11.3 Å². The molecule has 6 heteroatoms. The number of carbonyl (C=O) groups is 1.